The molecule has 6 heteroatoms. The van der Waals surface area contributed by atoms with E-state index in [0.29, 0.717) is 6.61 Å². The van der Waals surface area contributed by atoms with Gasteiger partial charge >= 0.3 is 0 Å². The predicted octanol–water partition coefficient (Wildman–Crippen LogP) is 4.74. The van der Waals surface area contributed by atoms with Crippen LogP contribution in [0.2, 0.25) is 10.0 Å². The summed E-state index contributed by atoms with van der Waals surface area (Å²) in [6, 6.07) is 4.78. The van der Waals surface area contributed by atoms with E-state index in [0.717, 1.165) is 0 Å². The molecular weight excluding hydrogens is 330 g/mol. The van der Waals surface area contributed by atoms with Gasteiger partial charge in [0.2, 0.25) is 5.85 Å². The van der Waals surface area contributed by atoms with Gasteiger partial charge in [0, 0.05) is 12.7 Å². The molecule has 0 spiro atoms. The van der Waals surface area contributed by atoms with Crippen molar-refractivity contribution in [3.05, 3.63) is 57.3 Å². The fourth-order valence-corrected chi connectivity index (χ4v) is 2.53. The van der Waals surface area contributed by atoms with Gasteiger partial charge in [0.25, 0.3) is 0 Å². The standard InChI is InChI=1S/C16H15Cl2FO3/c1-3-22-13-9-16(19,21-2)8-7-10(13)15(20)11-5-4-6-12(17)14(11)18/h4-8H,3,9H2,1-2H3. The first kappa shape index (κ1) is 17.0. The number of Topliss-reactive ketones (excluding diaryl/α,β-unsaturated/α-hetero) is 1. The summed E-state index contributed by atoms with van der Waals surface area (Å²) < 4.78 is 24.5. The quantitative estimate of drug-likeness (QED) is 0.723. The third kappa shape index (κ3) is 3.35. The number of hydrogen-bond donors (Lipinski definition) is 0. The van der Waals surface area contributed by atoms with Crippen LogP contribution in [0, 0.1) is 0 Å². The number of carbonyl (C=O) groups excluding carboxylic acids is 1. The second kappa shape index (κ2) is 6.82. The maximum atomic E-state index is 14.3. The Morgan fingerprint density at radius 2 is 2.14 bits per heavy atom. The Hall–Kier alpha value is -1.36. The van der Waals surface area contributed by atoms with E-state index >= 15 is 0 Å². The van der Waals surface area contributed by atoms with Crippen molar-refractivity contribution in [2.45, 2.75) is 19.2 Å². The Balaban J connectivity index is 2.44. The second-order valence-electron chi connectivity index (χ2n) is 4.70. The third-order valence-electron chi connectivity index (χ3n) is 3.30. The van der Waals surface area contributed by atoms with Gasteiger partial charge in [-0.15, -0.1) is 0 Å². The van der Waals surface area contributed by atoms with Crippen molar-refractivity contribution >= 4 is 29.0 Å². The number of ketones is 1. The monoisotopic (exact) mass is 344 g/mol. The van der Waals surface area contributed by atoms with Crippen LogP contribution in [0.15, 0.2) is 41.7 Å². The van der Waals surface area contributed by atoms with Gasteiger partial charge in [-0.1, -0.05) is 29.3 Å². The molecule has 1 aromatic rings. The molecule has 1 aliphatic carbocycles. The summed E-state index contributed by atoms with van der Waals surface area (Å²) in [6.07, 6.45) is 2.38. The van der Waals surface area contributed by atoms with Crippen LogP contribution in [0.5, 0.6) is 0 Å². The number of rotatable bonds is 5. The molecule has 0 bridgehead atoms. The molecule has 0 heterocycles. The minimum absolute atomic E-state index is 0.162. The molecule has 1 aromatic carbocycles. The fraction of sp³-hybridized carbons (Fsp3) is 0.312. The molecule has 0 N–H and O–H groups in total. The van der Waals surface area contributed by atoms with Gasteiger partial charge in [-0.05, 0) is 31.2 Å². The highest BCUT2D eigenvalue weighted by Crippen LogP contribution is 2.35. The van der Waals surface area contributed by atoms with Gasteiger partial charge in [-0.2, -0.15) is 0 Å². The minimum Gasteiger partial charge on any atom is -0.497 e. The predicted molar refractivity (Wildman–Crippen MR) is 84.0 cm³/mol. The van der Waals surface area contributed by atoms with Crippen LogP contribution in [0.3, 0.4) is 0 Å². The Morgan fingerprint density at radius 1 is 1.41 bits per heavy atom. The SMILES string of the molecule is CCOC1=C(C(=O)c2cccc(Cl)c2Cl)C=CC(F)(OC)C1. The number of methoxy groups -OCH3 is 1. The van der Waals surface area contributed by atoms with Crippen molar-refractivity contribution in [1.82, 2.24) is 0 Å². The highest BCUT2D eigenvalue weighted by molar-refractivity contribution is 6.44. The number of halogens is 3. The van der Waals surface area contributed by atoms with E-state index in [1.165, 1.54) is 19.3 Å². The van der Waals surface area contributed by atoms with E-state index in [1.54, 1.807) is 25.1 Å². The number of benzene rings is 1. The van der Waals surface area contributed by atoms with Crippen molar-refractivity contribution in [1.29, 1.82) is 0 Å². The summed E-state index contributed by atoms with van der Waals surface area (Å²) in [6.45, 7) is 2.06. The zero-order valence-electron chi connectivity index (χ0n) is 12.2. The third-order valence-corrected chi connectivity index (χ3v) is 4.12. The zero-order valence-corrected chi connectivity index (χ0v) is 13.7. The molecule has 0 aromatic heterocycles. The van der Waals surface area contributed by atoms with E-state index < -0.39 is 5.85 Å². The second-order valence-corrected chi connectivity index (χ2v) is 5.49. The summed E-state index contributed by atoms with van der Waals surface area (Å²) in [5, 5.41) is 0.442. The highest BCUT2D eigenvalue weighted by Gasteiger charge is 2.35. The lowest BCUT2D eigenvalue weighted by Gasteiger charge is -2.26. The molecule has 1 atom stereocenters. The first-order valence-corrected chi connectivity index (χ1v) is 7.45. The molecule has 22 heavy (non-hydrogen) atoms. The van der Waals surface area contributed by atoms with E-state index in [1.807, 2.05) is 0 Å². The normalized spacial score (nSPS) is 21.1. The lowest BCUT2D eigenvalue weighted by molar-refractivity contribution is -0.0873. The van der Waals surface area contributed by atoms with Crippen LogP contribution < -0.4 is 0 Å². The number of allylic oxidation sites excluding steroid dienone is 2. The van der Waals surface area contributed by atoms with E-state index in [4.69, 9.17) is 32.7 Å². The highest BCUT2D eigenvalue weighted by atomic mass is 35.5. The Labute approximate surface area is 138 Å². The van der Waals surface area contributed by atoms with Crippen molar-refractivity contribution in [3.63, 3.8) is 0 Å². The summed E-state index contributed by atoms with van der Waals surface area (Å²) in [4.78, 5) is 12.7. The van der Waals surface area contributed by atoms with Crippen molar-refractivity contribution in [2.24, 2.45) is 0 Å². The summed E-state index contributed by atoms with van der Waals surface area (Å²) in [5.41, 5.74) is 0.492. The van der Waals surface area contributed by atoms with Crippen LogP contribution in [0.1, 0.15) is 23.7 Å². The maximum Gasteiger partial charge on any atom is 0.235 e. The van der Waals surface area contributed by atoms with Crippen LogP contribution in [-0.2, 0) is 9.47 Å². The number of alkyl halides is 1. The lowest BCUT2D eigenvalue weighted by atomic mass is 9.94. The van der Waals surface area contributed by atoms with Gasteiger partial charge < -0.3 is 9.47 Å². The molecule has 0 radical (unpaired) electrons. The topological polar surface area (TPSA) is 35.5 Å². The number of ether oxygens (including phenoxy) is 2. The molecule has 0 saturated carbocycles. The summed E-state index contributed by atoms with van der Waals surface area (Å²) in [7, 11) is 1.26. The van der Waals surface area contributed by atoms with Gasteiger partial charge in [0.05, 0.1) is 28.6 Å². The fourth-order valence-electron chi connectivity index (χ4n) is 2.14. The first-order valence-electron chi connectivity index (χ1n) is 6.70. The first-order chi connectivity index (χ1) is 10.4. The number of carbonyl (C=O) groups is 1. The molecule has 118 valence electrons. The van der Waals surface area contributed by atoms with Gasteiger partial charge in [0.1, 0.15) is 5.76 Å². The Kier molecular flexibility index (Phi) is 5.27. The Morgan fingerprint density at radius 3 is 2.77 bits per heavy atom. The van der Waals surface area contributed by atoms with Gasteiger partial charge in [-0.3, -0.25) is 4.79 Å². The van der Waals surface area contributed by atoms with E-state index in [-0.39, 0.29) is 39.1 Å². The smallest absolute Gasteiger partial charge is 0.235 e. The van der Waals surface area contributed by atoms with Gasteiger partial charge in [0.15, 0.2) is 5.78 Å². The molecule has 3 nitrogen and oxygen atoms in total. The largest absolute Gasteiger partial charge is 0.497 e. The summed E-state index contributed by atoms with van der Waals surface area (Å²) >= 11 is 12.0. The average molecular weight is 345 g/mol. The molecule has 2 rings (SSSR count). The lowest BCUT2D eigenvalue weighted by Crippen LogP contribution is -2.28. The van der Waals surface area contributed by atoms with Crippen LogP contribution in [0.4, 0.5) is 4.39 Å². The van der Waals surface area contributed by atoms with Crippen molar-refractivity contribution in [2.75, 3.05) is 13.7 Å². The van der Waals surface area contributed by atoms with Crippen LogP contribution >= 0.6 is 23.2 Å². The van der Waals surface area contributed by atoms with Crippen LogP contribution in [-0.4, -0.2) is 25.4 Å². The number of hydrogen-bond acceptors (Lipinski definition) is 3. The minimum atomic E-state index is -1.98. The van der Waals surface area contributed by atoms with Gasteiger partial charge in [-0.25, -0.2) is 4.39 Å². The molecular formula is C16H15Cl2FO3. The van der Waals surface area contributed by atoms with E-state index in [9.17, 15) is 9.18 Å². The molecule has 0 fully saturated rings. The molecule has 1 unspecified atom stereocenters. The van der Waals surface area contributed by atoms with Crippen LogP contribution in [0.25, 0.3) is 0 Å². The maximum absolute atomic E-state index is 14.3. The van der Waals surface area contributed by atoms with Crippen molar-refractivity contribution in [3.8, 4) is 0 Å². The zero-order chi connectivity index (χ0) is 16.3. The average Bonchev–Trinajstić information content (AvgIpc) is 2.50. The van der Waals surface area contributed by atoms with E-state index in [2.05, 4.69) is 0 Å². The Bertz CT molecular complexity index is 655. The van der Waals surface area contributed by atoms with Crippen molar-refractivity contribution < 1.29 is 18.7 Å². The molecule has 0 saturated heterocycles. The summed E-state index contributed by atoms with van der Waals surface area (Å²) in [5.74, 6) is -2.12. The molecule has 1 aliphatic rings. The molecule has 0 amide bonds. The molecule has 0 aliphatic heterocycles.